The number of fused-ring (bicyclic) bond motifs is 5. The second-order valence-electron chi connectivity index (χ2n) is 7.89. The third kappa shape index (κ3) is 2.89. The van der Waals surface area contributed by atoms with Crippen molar-refractivity contribution in [3.05, 3.63) is 60.2 Å². The van der Waals surface area contributed by atoms with E-state index in [0.29, 0.717) is 16.9 Å². The van der Waals surface area contributed by atoms with Gasteiger partial charge in [0.05, 0.1) is 17.5 Å². The quantitative estimate of drug-likeness (QED) is 0.489. The summed E-state index contributed by atoms with van der Waals surface area (Å²) in [6.45, 7) is 0. The average Bonchev–Trinajstić information content (AvgIpc) is 3.33. The normalized spacial score (nSPS) is 32.6. The minimum atomic E-state index is -0.279. The molecule has 5 nitrogen and oxygen atoms in total. The molecule has 1 aliphatic heterocycles. The Morgan fingerprint density at radius 3 is 2.14 bits per heavy atom. The summed E-state index contributed by atoms with van der Waals surface area (Å²) in [5, 5.41) is 2.83. The van der Waals surface area contributed by atoms with Crippen molar-refractivity contribution in [2.75, 3.05) is 10.2 Å². The van der Waals surface area contributed by atoms with Crippen LogP contribution in [0.5, 0.6) is 0 Å². The van der Waals surface area contributed by atoms with Crippen LogP contribution in [-0.4, -0.2) is 27.4 Å². The maximum atomic E-state index is 13.2. The molecule has 1 saturated heterocycles. The summed E-state index contributed by atoms with van der Waals surface area (Å²) in [4.78, 5) is 40.7. The van der Waals surface area contributed by atoms with Crippen LogP contribution in [0, 0.1) is 23.7 Å². The highest BCUT2D eigenvalue weighted by atomic mass is 79.9. The molecule has 148 valence electrons. The standard InChI is InChI=1S/C22H18Br2N2O3/c23-18-14-10-15(19(18)24)17-16(14)21(28)26(22(17)29)13-8-4-5-11(9-13)20(27)25-12-6-2-1-3-7-12/h1-9,14-19H,10H2,(H,25,27)/t14-,15-,16-,17+,18-,19+/m0/s1. The Bertz CT molecular complexity index is 980. The van der Waals surface area contributed by atoms with Gasteiger partial charge in [0.15, 0.2) is 0 Å². The molecule has 3 aliphatic rings. The Hall–Kier alpha value is -1.99. The van der Waals surface area contributed by atoms with Gasteiger partial charge in [-0.15, -0.1) is 0 Å². The van der Waals surface area contributed by atoms with Crippen LogP contribution in [-0.2, 0) is 9.59 Å². The van der Waals surface area contributed by atoms with Crippen molar-refractivity contribution < 1.29 is 14.4 Å². The van der Waals surface area contributed by atoms with Gasteiger partial charge in [-0.3, -0.25) is 19.3 Å². The molecule has 2 aromatic carbocycles. The number of carbonyl (C=O) groups excluding carboxylic acids is 3. The highest BCUT2D eigenvalue weighted by Crippen LogP contribution is 2.60. The predicted molar refractivity (Wildman–Crippen MR) is 117 cm³/mol. The first-order valence-electron chi connectivity index (χ1n) is 9.60. The Morgan fingerprint density at radius 2 is 1.52 bits per heavy atom. The lowest BCUT2D eigenvalue weighted by Gasteiger charge is -2.28. The molecule has 3 fully saturated rings. The molecule has 1 heterocycles. The van der Waals surface area contributed by atoms with Gasteiger partial charge in [-0.25, -0.2) is 0 Å². The van der Waals surface area contributed by atoms with E-state index >= 15 is 0 Å². The van der Waals surface area contributed by atoms with Crippen LogP contribution in [0.25, 0.3) is 0 Å². The molecular weight excluding hydrogens is 500 g/mol. The number of nitrogens with one attached hydrogen (secondary N) is 1. The Balaban J connectivity index is 1.42. The van der Waals surface area contributed by atoms with Gasteiger partial charge in [-0.1, -0.05) is 56.1 Å². The lowest BCUT2D eigenvalue weighted by atomic mass is 9.81. The van der Waals surface area contributed by atoms with Crippen molar-refractivity contribution >= 4 is 61.0 Å². The Kier molecular flexibility index (Phi) is 4.62. The largest absolute Gasteiger partial charge is 0.322 e. The first-order valence-corrected chi connectivity index (χ1v) is 11.4. The van der Waals surface area contributed by atoms with Crippen molar-refractivity contribution in [3.8, 4) is 0 Å². The number of hydrogen-bond acceptors (Lipinski definition) is 3. The fraction of sp³-hybridized carbons (Fsp3) is 0.318. The lowest BCUT2D eigenvalue weighted by Crippen LogP contribution is -2.37. The number of amides is 3. The Labute approximate surface area is 185 Å². The van der Waals surface area contributed by atoms with Crippen LogP contribution >= 0.6 is 31.9 Å². The Morgan fingerprint density at radius 1 is 0.897 bits per heavy atom. The first kappa shape index (κ1) is 19.0. The molecule has 0 radical (unpaired) electrons. The second kappa shape index (κ2) is 7.06. The summed E-state index contributed by atoms with van der Waals surface area (Å²) in [6.07, 6.45) is 0.895. The van der Waals surface area contributed by atoms with E-state index in [1.54, 1.807) is 36.4 Å². The minimum absolute atomic E-state index is 0.142. The van der Waals surface area contributed by atoms with E-state index in [2.05, 4.69) is 37.2 Å². The number of anilines is 2. The van der Waals surface area contributed by atoms with E-state index in [-0.39, 0.29) is 51.0 Å². The monoisotopic (exact) mass is 516 g/mol. The number of nitrogens with zero attached hydrogens (tertiary/aromatic N) is 1. The third-order valence-corrected chi connectivity index (χ3v) is 9.59. The van der Waals surface area contributed by atoms with Crippen molar-refractivity contribution in [2.45, 2.75) is 16.1 Å². The maximum Gasteiger partial charge on any atom is 0.255 e. The summed E-state index contributed by atoms with van der Waals surface area (Å²) in [6, 6.07) is 15.9. The van der Waals surface area contributed by atoms with Crippen LogP contribution in [0.1, 0.15) is 16.8 Å². The zero-order valence-corrected chi connectivity index (χ0v) is 18.5. The molecule has 2 bridgehead atoms. The predicted octanol–water partition coefficient (Wildman–Crippen LogP) is 4.22. The van der Waals surface area contributed by atoms with Crippen molar-refractivity contribution in [3.63, 3.8) is 0 Å². The number of imide groups is 1. The van der Waals surface area contributed by atoms with Crippen LogP contribution in [0.3, 0.4) is 0 Å². The fourth-order valence-corrected chi connectivity index (χ4v) is 6.99. The van der Waals surface area contributed by atoms with E-state index in [4.69, 9.17) is 0 Å². The summed E-state index contributed by atoms with van der Waals surface area (Å²) < 4.78 is 0. The van der Waals surface area contributed by atoms with Crippen LogP contribution in [0.2, 0.25) is 0 Å². The second-order valence-corrected chi connectivity index (χ2v) is 10.0. The fourth-order valence-electron chi connectivity index (χ4n) is 5.11. The lowest BCUT2D eigenvalue weighted by molar-refractivity contribution is -0.123. The molecule has 2 aromatic rings. The number of rotatable bonds is 3. The number of alkyl halides is 2. The smallest absolute Gasteiger partial charge is 0.255 e. The summed E-state index contributed by atoms with van der Waals surface area (Å²) >= 11 is 7.40. The molecule has 6 atom stereocenters. The molecule has 0 unspecified atom stereocenters. The highest BCUT2D eigenvalue weighted by Gasteiger charge is 2.66. The SMILES string of the molecule is O=C(Nc1ccccc1)c1cccc(N2C(=O)[C@@H]3[C@@H]4C[C@H]([C@H](Br)[C@@H]4Br)[C@@H]3C2=O)c1. The molecule has 2 saturated carbocycles. The van der Waals surface area contributed by atoms with Gasteiger partial charge in [0, 0.05) is 20.9 Å². The highest BCUT2D eigenvalue weighted by molar-refractivity contribution is 9.12. The summed E-state index contributed by atoms with van der Waals surface area (Å²) in [7, 11) is 0. The number of benzene rings is 2. The number of para-hydroxylation sites is 1. The topological polar surface area (TPSA) is 66.5 Å². The van der Waals surface area contributed by atoms with E-state index in [9.17, 15) is 14.4 Å². The van der Waals surface area contributed by atoms with E-state index in [0.717, 1.165) is 6.42 Å². The molecule has 5 rings (SSSR count). The van der Waals surface area contributed by atoms with E-state index in [1.807, 2.05) is 18.2 Å². The average molecular weight is 518 g/mol. The van der Waals surface area contributed by atoms with Gasteiger partial charge in [-0.2, -0.15) is 0 Å². The summed E-state index contributed by atoms with van der Waals surface area (Å²) in [5.74, 6) is -0.770. The molecule has 2 aliphatic carbocycles. The molecule has 1 N–H and O–H groups in total. The number of halogens is 2. The molecule has 0 spiro atoms. The van der Waals surface area contributed by atoms with Gasteiger partial charge >= 0.3 is 0 Å². The van der Waals surface area contributed by atoms with Gasteiger partial charge in [0.1, 0.15) is 0 Å². The molecule has 29 heavy (non-hydrogen) atoms. The first-order chi connectivity index (χ1) is 14.0. The van der Waals surface area contributed by atoms with E-state index in [1.165, 1.54) is 4.90 Å². The van der Waals surface area contributed by atoms with Crippen molar-refractivity contribution in [1.82, 2.24) is 0 Å². The van der Waals surface area contributed by atoms with Crippen LogP contribution in [0.4, 0.5) is 11.4 Å². The molecular formula is C22H18Br2N2O3. The van der Waals surface area contributed by atoms with Gasteiger partial charge in [0.25, 0.3) is 5.91 Å². The van der Waals surface area contributed by atoms with Crippen molar-refractivity contribution in [1.29, 1.82) is 0 Å². The maximum absolute atomic E-state index is 13.2. The zero-order valence-electron chi connectivity index (χ0n) is 15.3. The van der Waals surface area contributed by atoms with Gasteiger partial charge in [-0.05, 0) is 48.6 Å². The minimum Gasteiger partial charge on any atom is -0.322 e. The van der Waals surface area contributed by atoms with Crippen LogP contribution in [0.15, 0.2) is 54.6 Å². The van der Waals surface area contributed by atoms with E-state index < -0.39 is 0 Å². The number of carbonyl (C=O) groups is 3. The zero-order chi connectivity index (χ0) is 20.3. The van der Waals surface area contributed by atoms with Gasteiger partial charge in [0.2, 0.25) is 11.8 Å². The van der Waals surface area contributed by atoms with Crippen LogP contribution < -0.4 is 10.2 Å². The summed E-state index contributed by atoms with van der Waals surface area (Å²) in [5.41, 5.74) is 1.56. The third-order valence-electron chi connectivity index (χ3n) is 6.39. The number of hydrogen-bond donors (Lipinski definition) is 1. The molecule has 7 heteroatoms. The van der Waals surface area contributed by atoms with Gasteiger partial charge < -0.3 is 5.32 Å². The van der Waals surface area contributed by atoms with Crippen molar-refractivity contribution in [2.24, 2.45) is 23.7 Å². The molecule has 0 aromatic heterocycles. The molecule has 3 amide bonds.